The molecule has 0 aliphatic carbocycles. The van der Waals surface area contributed by atoms with Crippen molar-refractivity contribution in [3.05, 3.63) is 56.6 Å². The number of carbonyl (C=O) groups is 1. The highest BCUT2D eigenvalue weighted by Gasteiger charge is 2.07. The molecule has 21 heavy (non-hydrogen) atoms. The van der Waals surface area contributed by atoms with Gasteiger partial charge in [-0.2, -0.15) is 0 Å². The highest BCUT2D eigenvalue weighted by molar-refractivity contribution is 14.1. The fourth-order valence-electron chi connectivity index (χ4n) is 1.68. The van der Waals surface area contributed by atoms with Crippen LogP contribution in [0.3, 0.4) is 0 Å². The van der Waals surface area contributed by atoms with Crippen LogP contribution in [0.4, 0.5) is 5.69 Å². The number of nitrogens with two attached hydrogens (primary N) is 1. The Hall–Kier alpha value is -1.47. The maximum Gasteiger partial charge on any atom is 0.251 e. The van der Waals surface area contributed by atoms with Gasteiger partial charge in [0, 0.05) is 20.9 Å². The zero-order valence-corrected chi connectivity index (χ0v) is 14.0. The van der Waals surface area contributed by atoms with Crippen LogP contribution in [0.25, 0.3) is 0 Å². The molecule has 0 saturated heterocycles. The summed E-state index contributed by atoms with van der Waals surface area (Å²) in [7, 11) is 0. The Labute approximate surface area is 141 Å². The molecule has 0 heterocycles. The Morgan fingerprint density at radius 3 is 2.81 bits per heavy atom. The van der Waals surface area contributed by atoms with E-state index in [4.69, 9.17) is 22.1 Å². The largest absolute Gasteiger partial charge is 0.492 e. The van der Waals surface area contributed by atoms with E-state index >= 15 is 0 Å². The van der Waals surface area contributed by atoms with E-state index in [1.807, 2.05) is 12.1 Å². The quantitative estimate of drug-likeness (QED) is 0.446. The molecule has 6 heteroatoms. The number of ether oxygens (including phenoxy) is 1. The van der Waals surface area contributed by atoms with E-state index < -0.39 is 0 Å². The summed E-state index contributed by atoms with van der Waals surface area (Å²) in [6.45, 7) is 0.768. The summed E-state index contributed by atoms with van der Waals surface area (Å²) in [6.07, 6.45) is 0. The lowest BCUT2D eigenvalue weighted by atomic mass is 10.2. The average molecular weight is 417 g/mol. The van der Waals surface area contributed by atoms with Crippen LogP contribution < -0.4 is 15.8 Å². The first-order chi connectivity index (χ1) is 10.1. The first kappa shape index (κ1) is 15.9. The second kappa shape index (κ2) is 7.51. The van der Waals surface area contributed by atoms with Crippen LogP contribution in [0.5, 0.6) is 5.75 Å². The van der Waals surface area contributed by atoms with Crippen LogP contribution in [-0.4, -0.2) is 19.1 Å². The van der Waals surface area contributed by atoms with Gasteiger partial charge in [-0.15, -0.1) is 0 Å². The van der Waals surface area contributed by atoms with Gasteiger partial charge in [-0.05, 0) is 52.9 Å². The third-order valence-corrected chi connectivity index (χ3v) is 4.27. The first-order valence-electron chi connectivity index (χ1n) is 6.28. The number of nitrogen functional groups attached to an aromatic ring is 1. The van der Waals surface area contributed by atoms with E-state index in [-0.39, 0.29) is 5.91 Å². The zero-order valence-electron chi connectivity index (χ0n) is 11.1. The summed E-state index contributed by atoms with van der Waals surface area (Å²) < 4.78 is 6.41. The summed E-state index contributed by atoms with van der Waals surface area (Å²) in [6, 6.07) is 12.4. The van der Waals surface area contributed by atoms with Crippen molar-refractivity contribution in [2.45, 2.75) is 0 Å². The summed E-state index contributed by atoms with van der Waals surface area (Å²) in [5, 5.41) is 3.34. The van der Waals surface area contributed by atoms with Crippen molar-refractivity contribution in [3.63, 3.8) is 0 Å². The molecule has 110 valence electrons. The molecular weight excluding hydrogens is 403 g/mol. The number of rotatable bonds is 5. The van der Waals surface area contributed by atoms with Gasteiger partial charge in [-0.3, -0.25) is 4.79 Å². The van der Waals surface area contributed by atoms with Gasteiger partial charge < -0.3 is 15.8 Å². The molecule has 0 radical (unpaired) electrons. The highest BCUT2D eigenvalue weighted by Crippen LogP contribution is 2.19. The Morgan fingerprint density at radius 2 is 2.10 bits per heavy atom. The number of carbonyl (C=O) groups excluding carboxylic acids is 1. The third kappa shape index (κ3) is 4.78. The molecule has 2 rings (SSSR count). The Kier molecular flexibility index (Phi) is 5.69. The Bertz CT molecular complexity index is 649. The van der Waals surface area contributed by atoms with E-state index in [0.29, 0.717) is 35.2 Å². The molecule has 0 spiro atoms. The molecule has 0 aliphatic heterocycles. The molecule has 3 N–H and O–H groups in total. The Balaban J connectivity index is 1.80. The molecule has 0 bridgehead atoms. The van der Waals surface area contributed by atoms with E-state index in [0.717, 1.165) is 3.57 Å². The van der Waals surface area contributed by atoms with E-state index in [2.05, 4.69) is 27.9 Å². The molecule has 0 fully saturated rings. The predicted octanol–water partition coefficient (Wildman–Crippen LogP) is 3.34. The lowest BCUT2D eigenvalue weighted by Crippen LogP contribution is -2.28. The van der Waals surface area contributed by atoms with Gasteiger partial charge in [0.1, 0.15) is 12.4 Å². The molecule has 0 aromatic heterocycles. The number of hydrogen-bond acceptors (Lipinski definition) is 3. The van der Waals surface area contributed by atoms with Gasteiger partial charge in [-0.25, -0.2) is 0 Å². The standard InChI is InChI=1S/C15H14ClIN2O2/c16-13-8-10(4-5-14(13)17)15(20)19-6-7-21-12-3-1-2-11(18)9-12/h1-5,8-9H,6-7,18H2,(H,19,20). The van der Waals surface area contributed by atoms with Crippen LogP contribution in [-0.2, 0) is 0 Å². The second-order valence-corrected chi connectivity index (χ2v) is 5.88. The molecule has 1 amide bonds. The van der Waals surface area contributed by atoms with Crippen LogP contribution in [0.2, 0.25) is 5.02 Å². The van der Waals surface area contributed by atoms with Crippen molar-refractivity contribution in [2.75, 3.05) is 18.9 Å². The number of benzene rings is 2. The molecule has 2 aromatic carbocycles. The van der Waals surface area contributed by atoms with Crippen molar-refractivity contribution >= 4 is 45.8 Å². The molecule has 0 saturated carbocycles. The van der Waals surface area contributed by atoms with Crippen LogP contribution in [0.15, 0.2) is 42.5 Å². The molecule has 0 unspecified atom stereocenters. The molecule has 4 nitrogen and oxygen atoms in total. The predicted molar refractivity (Wildman–Crippen MR) is 92.9 cm³/mol. The highest BCUT2D eigenvalue weighted by atomic mass is 127. The first-order valence-corrected chi connectivity index (χ1v) is 7.73. The summed E-state index contributed by atoms with van der Waals surface area (Å²) >= 11 is 8.10. The number of anilines is 1. The van der Waals surface area contributed by atoms with Crippen LogP contribution in [0, 0.1) is 3.57 Å². The normalized spacial score (nSPS) is 10.2. The maximum atomic E-state index is 11.9. The minimum Gasteiger partial charge on any atom is -0.492 e. The minimum atomic E-state index is -0.176. The summed E-state index contributed by atoms with van der Waals surface area (Å²) in [4.78, 5) is 11.9. The molecule has 0 atom stereocenters. The van der Waals surface area contributed by atoms with Crippen molar-refractivity contribution in [2.24, 2.45) is 0 Å². The van der Waals surface area contributed by atoms with Gasteiger partial charge in [-0.1, -0.05) is 17.7 Å². The number of halogens is 2. The third-order valence-electron chi connectivity index (χ3n) is 2.70. The van der Waals surface area contributed by atoms with Crippen LogP contribution in [0.1, 0.15) is 10.4 Å². The maximum absolute atomic E-state index is 11.9. The van der Waals surface area contributed by atoms with Crippen molar-refractivity contribution in [1.29, 1.82) is 0 Å². The average Bonchev–Trinajstić information content (AvgIpc) is 2.46. The van der Waals surface area contributed by atoms with Gasteiger partial charge in [0.05, 0.1) is 11.6 Å². The number of hydrogen-bond donors (Lipinski definition) is 2. The van der Waals surface area contributed by atoms with Crippen molar-refractivity contribution < 1.29 is 9.53 Å². The zero-order chi connectivity index (χ0) is 15.2. The lowest BCUT2D eigenvalue weighted by molar-refractivity contribution is 0.0947. The van der Waals surface area contributed by atoms with Gasteiger partial charge in [0.2, 0.25) is 0 Å². The van der Waals surface area contributed by atoms with E-state index in [9.17, 15) is 4.79 Å². The van der Waals surface area contributed by atoms with E-state index in [1.54, 1.807) is 30.3 Å². The minimum absolute atomic E-state index is 0.176. The van der Waals surface area contributed by atoms with Crippen LogP contribution >= 0.6 is 34.2 Å². The topological polar surface area (TPSA) is 64.3 Å². The number of amides is 1. The van der Waals surface area contributed by atoms with E-state index in [1.165, 1.54) is 0 Å². The van der Waals surface area contributed by atoms with Crippen molar-refractivity contribution in [1.82, 2.24) is 5.32 Å². The van der Waals surface area contributed by atoms with Crippen molar-refractivity contribution in [3.8, 4) is 5.75 Å². The lowest BCUT2D eigenvalue weighted by Gasteiger charge is -2.08. The molecule has 2 aromatic rings. The fraction of sp³-hybridized carbons (Fsp3) is 0.133. The summed E-state index contributed by atoms with van der Waals surface area (Å²) in [5.74, 6) is 0.506. The SMILES string of the molecule is Nc1cccc(OCCNC(=O)c2ccc(I)c(Cl)c2)c1. The summed E-state index contributed by atoms with van der Waals surface area (Å²) in [5.41, 5.74) is 6.83. The monoisotopic (exact) mass is 416 g/mol. The second-order valence-electron chi connectivity index (χ2n) is 4.31. The Morgan fingerprint density at radius 1 is 1.29 bits per heavy atom. The molecule has 0 aliphatic rings. The molecular formula is C15H14ClIN2O2. The smallest absolute Gasteiger partial charge is 0.251 e. The van der Waals surface area contributed by atoms with Gasteiger partial charge in [0.25, 0.3) is 5.91 Å². The van der Waals surface area contributed by atoms with Gasteiger partial charge in [0.15, 0.2) is 0 Å². The fourth-order valence-corrected chi connectivity index (χ4v) is 2.19. The van der Waals surface area contributed by atoms with Gasteiger partial charge >= 0.3 is 0 Å². The number of nitrogens with one attached hydrogen (secondary N) is 1.